The summed E-state index contributed by atoms with van der Waals surface area (Å²) >= 11 is 1.93. The number of methoxy groups -OCH3 is 1. The third kappa shape index (κ3) is 1.93. The highest BCUT2D eigenvalue weighted by Gasteiger charge is 2.23. The molecule has 0 amide bonds. The SMILES string of the molecule is COc1ccccc1C1N=CC2=C(CSC2)N1. The first-order valence-corrected chi connectivity index (χ1v) is 6.76. The molecule has 2 heterocycles. The van der Waals surface area contributed by atoms with Crippen molar-refractivity contribution in [2.75, 3.05) is 18.6 Å². The standard InChI is InChI=1S/C13H14N2OS/c1-16-12-5-3-2-4-10(12)13-14-6-9-7-17-8-11(9)15-13/h2-6,13,15H,7-8H2,1H3. The molecule has 4 heteroatoms. The summed E-state index contributed by atoms with van der Waals surface area (Å²) in [6.07, 6.45) is 1.99. The van der Waals surface area contributed by atoms with Gasteiger partial charge in [0.25, 0.3) is 0 Å². The molecule has 0 saturated carbocycles. The van der Waals surface area contributed by atoms with Gasteiger partial charge in [-0.3, -0.25) is 4.99 Å². The summed E-state index contributed by atoms with van der Waals surface area (Å²) in [5, 5.41) is 3.49. The van der Waals surface area contributed by atoms with Crippen molar-refractivity contribution in [1.82, 2.24) is 5.32 Å². The van der Waals surface area contributed by atoms with Crippen LogP contribution in [0.3, 0.4) is 0 Å². The predicted octanol–water partition coefficient (Wildman–Crippen LogP) is 2.37. The molecule has 0 aromatic heterocycles. The second-order valence-electron chi connectivity index (χ2n) is 4.06. The molecule has 1 aromatic carbocycles. The van der Waals surface area contributed by atoms with Crippen LogP contribution in [0.4, 0.5) is 0 Å². The third-order valence-corrected chi connectivity index (χ3v) is 4.02. The number of nitrogens with one attached hydrogen (secondary N) is 1. The van der Waals surface area contributed by atoms with Gasteiger partial charge in [-0.1, -0.05) is 18.2 Å². The van der Waals surface area contributed by atoms with Crippen molar-refractivity contribution in [3.63, 3.8) is 0 Å². The highest BCUT2D eigenvalue weighted by Crippen LogP contribution is 2.32. The van der Waals surface area contributed by atoms with E-state index in [1.807, 2.05) is 36.2 Å². The molecule has 0 radical (unpaired) electrons. The Morgan fingerprint density at radius 1 is 1.35 bits per heavy atom. The van der Waals surface area contributed by atoms with Crippen LogP contribution in [0.25, 0.3) is 0 Å². The molecule has 1 aromatic rings. The van der Waals surface area contributed by atoms with Gasteiger partial charge < -0.3 is 10.1 Å². The second kappa shape index (κ2) is 4.45. The lowest BCUT2D eigenvalue weighted by Crippen LogP contribution is -2.24. The van der Waals surface area contributed by atoms with E-state index in [1.165, 1.54) is 11.3 Å². The zero-order chi connectivity index (χ0) is 11.7. The smallest absolute Gasteiger partial charge is 0.148 e. The van der Waals surface area contributed by atoms with E-state index in [1.54, 1.807) is 7.11 Å². The van der Waals surface area contributed by atoms with E-state index in [2.05, 4.69) is 16.4 Å². The van der Waals surface area contributed by atoms with E-state index in [4.69, 9.17) is 4.74 Å². The Bertz CT molecular complexity index is 496. The molecule has 1 atom stereocenters. The zero-order valence-corrected chi connectivity index (χ0v) is 10.5. The monoisotopic (exact) mass is 246 g/mol. The number of ether oxygens (including phenoxy) is 1. The molecule has 88 valence electrons. The lowest BCUT2D eigenvalue weighted by atomic mass is 10.1. The first-order chi connectivity index (χ1) is 8.38. The normalized spacial score (nSPS) is 22.3. The summed E-state index contributed by atoms with van der Waals surface area (Å²) in [5.41, 5.74) is 3.75. The summed E-state index contributed by atoms with van der Waals surface area (Å²) in [7, 11) is 1.70. The van der Waals surface area contributed by atoms with Crippen LogP contribution in [0.15, 0.2) is 40.5 Å². The van der Waals surface area contributed by atoms with Crippen molar-refractivity contribution < 1.29 is 4.74 Å². The largest absolute Gasteiger partial charge is 0.496 e. The van der Waals surface area contributed by atoms with Crippen molar-refractivity contribution in [2.24, 2.45) is 4.99 Å². The van der Waals surface area contributed by atoms with Gasteiger partial charge in [0.05, 0.1) is 7.11 Å². The highest BCUT2D eigenvalue weighted by molar-refractivity contribution is 7.99. The van der Waals surface area contributed by atoms with Crippen LogP contribution in [-0.2, 0) is 0 Å². The number of para-hydroxylation sites is 1. The van der Waals surface area contributed by atoms with Crippen LogP contribution >= 0.6 is 11.8 Å². The zero-order valence-electron chi connectivity index (χ0n) is 9.64. The number of thioether (sulfide) groups is 1. The number of hydrogen-bond acceptors (Lipinski definition) is 4. The maximum Gasteiger partial charge on any atom is 0.148 e. The fourth-order valence-electron chi connectivity index (χ4n) is 2.11. The van der Waals surface area contributed by atoms with Crippen LogP contribution in [0.1, 0.15) is 11.7 Å². The summed E-state index contributed by atoms with van der Waals surface area (Å²) < 4.78 is 5.37. The topological polar surface area (TPSA) is 33.6 Å². The molecule has 0 bridgehead atoms. The Hall–Kier alpha value is -1.42. The lowest BCUT2D eigenvalue weighted by molar-refractivity contribution is 0.403. The second-order valence-corrected chi connectivity index (χ2v) is 5.05. The van der Waals surface area contributed by atoms with Crippen molar-refractivity contribution in [3.8, 4) is 5.75 Å². The minimum atomic E-state index is -0.0106. The van der Waals surface area contributed by atoms with Crippen molar-refractivity contribution >= 4 is 18.0 Å². The number of hydrogen-bond donors (Lipinski definition) is 1. The van der Waals surface area contributed by atoms with Crippen LogP contribution in [0, 0.1) is 0 Å². The summed E-state index contributed by atoms with van der Waals surface area (Å²) in [5.74, 6) is 3.02. The van der Waals surface area contributed by atoms with E-state index in [0.717, 1.165) is 22.8 Å². The van der Waals surface area contributed by atoms with Gasteiger partial charge >= 0.3 is 0 Å². The van der Waals surface area contributed by atoms with E-state index < -0.39 is 0 Å². The minimum absolute atomic E-state index is 0.0106. The quantitative estimate of drug-likeness (QED) is 0.869. The van der Waals surface area contributed by atoms with Crippen molar-refractivity contribution in [1.29, 1.82) is 0 Å². The van der Waals surface area contributed by atoms with Gasteiger partial charge in [0, 0.05) is 29.0 Å². The molecule has 2 aliphatic heterocycles. The molecular weight excluding hydrogens is 232 g/mol. The number of rotatable bonds is 2. The maximum atomic E-state index is 5.37. The first kappa shape index (κ1) is 10.7. The van der Waals surface area contributed by atoms with Gasteiger partial charge in [-0.15, -0.1) is 0 Å². The Morgan fingerprint density at radius 2 is 2.24 bits per heavy atom. The Labute approximate surface area is 105 Å². The summed E-state index contributed by atoms with van der Waals surface area (Å²) in [4.78, 5) is 4.56. The highest BCUT2D eigenvalue weighted by atomic mass is 32.2. The van der Waals surface area contributed by atoms with Gasteiger partial charge in [0.2, 0.25) is 0 Å². The molecule has 0 spiro atoms. The fraction of sp³-hybridized carbons (Fsp3) is 0.308. The predicted molar refractivity (Wildman–Crippen MR) is 71.7 cm³/mol. The molecule has 1 N–H and O–H groups in total. The van der Waals surface area contributed by atoms with Crippen LogP contribution in [0.5, 0.6) is 5.75 Å². The molecule has 3 nitrogen and oxygen atoms in total. The molecular formula is C13H14N2OS. The molecule has 0 saturated heterocycles. The Balaban J connectivity index is 1.89. The van der Waals surface area contributed by atoms with E-state index >= 15 is 0 Å². The van der Waals surface area contributed by atoms with E-state index in [-0.39, 0.29) is 6.17 Å². The van der Waals surface area contributed by atoms with Crippen molar-refractivity contribution in [2.45, 2.75) is 6.17 Å². The molecule has 2 aliphatic rings. The summed E-state index contributed by atoms with van der Waals surface area (Å²) in [6.45, 7) is 0. The van der Waals surface area contributed by atoms with Crippen LogP contribution < -0.4 is 10.1 Å². The first-order valence-electron chi connectivity index (χ1n) is 5.61. The average Bonchev–Trinajstić information content (AvgIpc) is 2.85. The van der Waals surface area contributed by atoms with E-state index in [9.17, 15) is 0 Å². The fourth-order valence-corrected chi connectivity index (χ4v) is 3.15. The Kier molecular flexibility index (Phi) is 2.81. The van der Waals surface area contributed by atoms with Gasteiger partial charge in [-0.25, -0.2) is 0 Å². The van der Waals surface area contributed by atoms with Gasteiger partial charge in [0.15, 0.2) is 0 Å². The molecule has 17 heavy (non-hydrogen) atoms. The molecule has 0 aliphatic carbocycles. The molecule has 3 rings (SSSR count). The number of benzene rings is 1. The lowest BCUT2D eigenvalue weighted by Gasteiger charge is -2.22. The maximum absolute atomic E-state index is 5.37. The van der Waals surface area contributed by atoms with Gasteiger partial charge in [0.1, 0.15) is 11.9 Å². The molecule has 0 fully saturated rings. The van der Waals surface area contributed by atoms with Gasteiger partial charge in [-0.2, -0.15) is 11.8 Å². The van der Waals surface area contributed by atoms with Crippen LogP contribution in [-0.4, -0.2) is 24.8 Å². The average molecular weight is 246 g/mol. The van der Waals surface area contributed by atoms with Gasteiger partial charge in [-0.05, 0) is 11.6 Å². The molecule has 1 unspecified atom stereocenters. The number of aliphatic imine (C=N–C) groups is 1. The third-order valence-electron chi connectivity index (χ3n) is 3.02. The van der Waals surface area contributed by atoms with Crippen molar-refractivity contribution in [3.05, 3.63) is 41.1 Å². The van der Waals surface area contributed by atoms with Crippen LogP contribution in [0.2, 0.25) is 0 Å². The Morgan fingerprint density at radius 3 is 3.12 bits per heavy atom. The van der Waals surface area contributed by atoms with E-state index in [0.29, 0.717) is 0 Å². The number of nitrogens with zero attached hydrogens (tertiary/aromatic N) is 1. The summed E-state index contributed by atoms with van der Waals surface area (Å²) in [6, 6.07) is 8.02. The minimum Gasteiger partial charge on any atom is -0.496 e.